The maximum absolute atomic E-state index is 4.14. The van der Waals surface area contributed by atoms with E-state index in [-0.39, 0.29) is 0 Å². The van der Waals surface area contributed by atoms with E-state index >= 15 is 0 Å². The Morgan fingerprint density at radius 2 is 2.25 bits per heavy atom. The van der Waals surface area contributed by atoms with Gasteiger partial charge in [-0.15, -0.1) is 0 Å². The number of pyridine rings is 1. The lowest BCUT2D eigenvalue weighted by molar-refractivity contribution is 0.330. The number of nitrogens with zero attached hydrogens (tertiary/aromatic N) is 2. The standard InChI is InChI=1S/C13H21N3/c1-12(13-5-4-6-14-11-13)15-7-10-16-8-2-3-9-16/h4-6,11-12,15H,2-3,7-10H2,1H3/t12-/m1/s1. The smallest absolute Gasteiger partial charge is 0.0315 e. The Bertz CT molecular complexity index is 293. The van der Waals surface area contributed by atoms with E-state index in [1.165, 1.54) is 38.0 Å². The van der Waals surface area contributed by atoms with Crippen molar-refractivity contribution in [2.45, 2.75) is 25.8 Å². The molecule has 0 bridgehead atoms. The highest BCUT2D eigenvalue weighted by atomic mass is 15.2. The Hall–Kier alpha value is -0.930. The Morgan fingerprint density at radius 1 is 1.44 bits per heavy atom. The van der Waals surface area contributed by atoms with Gasteiger partial charge in [-0.25, -0.2) is 0 Å². The highest BCUT2D eigenvalue weighted by Crippen LogP contribution is 2.10. The van der Waals surface area contributed by atoms with Crippen LogP contribution in [0.2, 0.25) is 0 Å². The lowest BCUT2D eigenvalue weighted by Crippen LogP contribution is -2.31. The maximum Gasteiger partial charge on any atom is 0.0315 e. The van der Waals surface area contributed by atoms with Crippen LogP contribution in [0.3, 0.4) is 0 Å². The molecule has 2 heterocycles. The molecule has 1 aromatic heterocycles. The van der Waals surface area contributed by atoms with Gasteiger partial charge in [0.1, 0.15) is 0 Å². The van der Waals surface area contributed by atoms with Gasteiger partial charge in [-0.05, 0) is 44.5 Å². The summed E-state index contributed by atoms with van der Waals surface area (Å²) < 4.78 is 0. The first-order valence-corrected chi connectivity index (χ1v) is 6.22. The lowest BCUT2D eigenvalue weighted by Gasteiger charge is -2.18. The van der Waals surface area contributed by atoms with Crippen molar-refractivity contribution < 1.29 is 0 Å². The van der Waals surface area contributed by atoms with Crippen molar-refractivity contribution >= 4 is 0 Å². The molecule has 16 heavy (non-hydrogen) atoms. The van der Waals surface area contributed by atoms with Crippen LogP contribution in [0.4, 0.5) is 0 Å². The SMILES string of the molecule is C[C@@H](NCCN1CCCC1)c1cccnc1. The van der Waals surface area contributed by atoms with Crippen LogP contribution < -0.4 is 5.32 Å². The number of likely N-dealkylation sites (tertiary alicyclic amines) is 1. The normalized spacial score (nSPS) is 18.8. The van der Waals surface area contributed by atoms with E-state index in [0.29, 0.717) is 6.04 Å². The molecule has 1 N–H and O–H groups in total. The molecule has 0 amide bonds. The third-order valence-electron chi connectivity index (χ3n) is 3.26. The summed E-state index contributed by atoms with van der Waals surface area (Å²) in [6.45, 7) is 6.99. The minimum atomic E-state index is 0.399. The second-order valence-electron chi connectivity index (χ2n) is 4.51. The molecule has 1 aliphatic rings. The molecule has 0 radical (unpaired) electrons. The molecule has 0 saturated carbocycles. The zero-order chi connectivity index (χ0) is 11.2. The van der Waals surface area contributed by atoms with Crippen molar-refractivity contribution in [3.63, 3.8) is 0 Å². The van der Waals surface area contributed by atoms with Crippen LogP contribution in [-0.2, 0) is 0 Å². The van der Waals surface area contributed by atoms with Crippen molar-refractivity contribution in [1.82, 2.24) is 15.2 Å². The highest BCUT2D eigenvalue weighted by Gasteiger charge is 2.11. The van der Waals surface area contributed by atoms with Gasteiger partial charge in [0.15, 0.2) is 0 Å². The largest absolute Gasteiger partial charge is 0.309 e. The molecular weight excluding hydrogens is 198 g/mol. The van der Waals surface area contributed by atoms with Gasteiger partial charge in [0.05, 0.1) is 0 Å². The van der Waals surface area contributed by atoms with E-state index in [2.05, 4.69) is 28.2 Å². The predicted octanol–water partition coefficient (Wildman–Crippen LogP) is 1.83. The zero-order valence-corrected chi connectivity index (χ0v) is 10.0. The molecule has 1 atom stereocenters. The topological polar surface area (TPSA) is 28.2 Å². The monoisotopic (exact) mass is 219 g/mol. The maximum atomic E-state index is 4.14. The average molecular weight is 219 g/mol. The Morgan fingerprint density at radius 3 is 2.94 bits per heavy atom. The van der Waals surface area contributed by atoms with Crippen molar-refractivity contribution in [3.05, 3.63) is 30.1 Å². The van der Waals surface area contributed by atoms with E-state index in [1.54, 1.807) is 0 Å². The summed E-state index contributed by atoms with van der Waals surface area (Å²) in [5.74, 6) is 0. The van der Waals surface area contributed by atoms with E-state index in [4.69, 9.17) is 0 Å². The van der Waals surface area contributed by atoms with Gasteiger partial charge >= 0.3 is 0 Å². The van der Waals surface area contributed by atoms with Crippen LogP contribution in [0.1, 0.15) is 31.4 Å². The molecule has 3 nitrogen and oxygen atoms in total. The lowest BCUT2D eigenvalue weighted by atomic mass is 10.1. The molecule has 1 saturated heterocycles. The van der Waals surface area contributed by atoms with E-state index < -0.39 is 0 Å². The quantitative estimate of drug-likeness (QED) is 0.819. The molecule has 88 valence electrons. The van der Waals surface area contributed by atoms with E-state index in [9.17, 15) is 0 Å². The van der Waals surface area contributed by atoms with Gasteiger partial charge in [0.25, 0.3) is 0 Å². The highest BCUT2D eigenvalue weighted by molar-refractivity contribution is 5.12. The first-order chi connectivity index (χ1) is 7.86. The van der Waals surface area contributed by atoms with Gasteiger partial charge in [-0.2, -0.15) is 0 Å². The molecule has 0 aliphatic carbocycles. The van der Waals surface area contributed by atoms with Gasteiger partial charge in [0, 0.05) is 31.5 Å². The van der Waals surface area contributed by atoms with Crippen LogP contribution in [0.5, 0.6) is 0 Å². The molecule has 1 aromatic rings. The summed E-state index contributed by atoms with van der Waals surface area (Å²) >= 11 is 0. The zero-order valence-electron chi connectivity index (χ0n) is 10.0. The summed E-state index contributed by atoms with van der Waals surface area (Å²) in [6.07, 6.45) is 6.50. The van der Waals surface area contributed by atoms with Gasteiger partial charge in [-0.3, -0.25) is 4.98 Å². The molecule has 3 heteroatoms. The first-order valence-electron chi connectivity index (χ1n) is 6.22. The van der Waals surface area contributed by atoms with Crippen LogP contribution in [0.15, 0.2) is 24.5 Å². The summed E-state index contributed by atoms with van der Waals surface area (Å²) in [7, 11) is 0. The summed E-state index contributed by atoms with van der Waals surface area (Å²) in [4.78, 5) is 6.67. The van der Waals surface area contributed by atoms with Crippen LogP contribution in [0.25, 0.3) is 0 Å². The molecule has 0 aromatic carbocycles. The van der Waals surface area contributed by atoms with Crippen LogP contribution in [-0.4, -0.2) is 36.1 Å². The molecule has 0 spiro atoms. The average Bonchev–Trinajstić information content (AvgIpc) is 2.83. The molecular formula is C13H21N3. The summed E-state index contributed by atoms with van der Waals surface area (Å²) in [5, 5.41) is 3.54. The molecule has 1 aliphatic heterocycles. The van der Waals surface area contributed by atoms with Crippen molar-refractivity contribution in [3.8, 4) is 0 Å². The second-order valence-corrected chi connectivity index (χ2v) is 4.51. The first kappa shape index (κ1) is 11.6. The number of hydrogen-bond donors (Lipinski definition) is 1. The van der Waals surface area contributed by atoms with E-state index in [0.717, 1.165) is 6.54 Å². The van der Waals surface area contributed by atoms with Crippen molar-refractivity contribution in [2.24, 2.45) is 0 Å². The van der Waals surface area contributed by atoms with Crippen molar-refractivity contribution in [1.29, 1.82) is 0 Å². The fourth-order valence-corrected chi connectivity index (χ4v) is 2.20. The summed E-state index contributed by atoms with van der Waals surface area (Å²) in [5.41, 5.74) is 1.27. The fourth-order valence-electron chi connectivity index (χ4n) is 2.20. The van der Waals surface area contributed by atoms with Gasteiger partial charge in [-0.1, -0.05) is 6.07 Å². The third kappa shape index (κ3) is 3.29. The van der Waals surface area contributed by atoms with E-state index in [1.807, 2.05) is 18.5 Å². The fraction of sp³-hybridized carbons (Fsp3) is 0.615. The second kappa shape index (κ2) is 5.97. The number of aromatic nitrogens is 1. The van der Waals surface area contributed by atoms with Gasteiger partial charge in [0.2, 0.25) is 0 Å². The molecule has 1 fully saturated rings. The molecule has 2 rings (SSSR count). The van der Waals surface area contributed by atoms with Crippen LogP contribution >= 0.6 is 0 Å². The third-order valence-corrected chi connectivity index (χ3v) is 3.26. The molecule has 0 unspecified atom stereocenters. The Balaban J connectivity index is 1.69. The number of hydrogen-bond acceptors (Lipinski definition) is 3. The summed E-state index contributed by atoms with van der Waals surface area (Å²) in [6, 6.07) is 4.52. The van der Waals surface area contributed by atoms with Crippen LogP contribution in [0, 0.1) is 0 Å². The Kier molecular flexibility index (Phi) is 4.31. The van der Waals surface area contributed by atoms with Gasteiger partial charge < -0.3 is 10.2 Å². The number of rotatable bonds is 5. The minimum Gasteiger partial charge on any atom is -0.309 e. The number of nitrogens with one attached hydrogen (secondary N) is 1. The predicted molar refractivity (Wildman–Crippen MR) is 66.3 cm³/mol. The Labute approximate surface area is 97.9 Å². The minimum absolute atomic E-state index is 0.399. The van der Waals surface area contributed by atoms with Crippen molar-refractivity contribution in [2.75, 3.05) is 26.2 Å².